The largest absolute Gasteiger partial charge is 0.508 e. The molecule has 6 nitrogen and oxygen atoms in total. The van der Waals surface area contributed by atoms with Crippen LogP contribution in [0.15, 0.2) is 58.7 Å². The minimum atomic E-state index is 0.167. The van der Waals surface area contributed by atoms with Gasteiger partial charge in [-0.25, -0.2) is 0 Å². The predicted molar refractivity (Wildman–Crippen MR) is 90.3 cm³/mol. The van der Waals surface area contributed by atoms with Gasteiger partial charge in [-0.2, -0.15) is 10.2 Å². The first-order chi connectivity index (χ1) is 10.6. The van der Waals surface area contributed by atoms with Crippen LogP contribution in [0, 0.1) is 0 Å². The third-order valence-corrected chi connectivity index (χ3v) is 2.68. The molecule has 2 rings (SSSR count). The first-order valence-electron chi connectivity index (χ1n) is 6.34. The normalized spacial score (nSPS) is 10.9. The number of rotatable bonds is 4. The maximum absolute atomic E-state index is 9.31. The third kappa shape index (κ3) is 5.22. The van der Waals surface area contributed by atoms with Crippen LogP contribution in [0.4, 0.5) is 0 Å². The van der Waals surface area contributed by atoms with Gasteiger partial charge < -0.3 is 10.2 Å². The van der Waals surface area contributed by atoms with Crippen molar-refractivity contribution in [3.63, 3.8) is 0 Å². The van der Waals surface area contributed by atoms with Crippen LogP contribution in [0.5, 0.6) is 11.5 Å². The van der Waals surface area contributed by atoms with E-state index in [9.17, 15) is 10.2 Å². The van der Waals surface area contributed by atoms with Crippen LogP contribution < -0.4 is 10.9 Å². The molecule has 4 N–H and O–H groups in total. The number of hydrazone groups is 2. The van der Waals surface area contributed by atoms with E-state index in [-0.39, 0.29) is 16.6 Å². The molecular formula is C15H14N4O2S. The highest BCUT2D eigenvalue weighted by Crippen LogP contribution is 2.09. The molecule has 0 aliphatic rings. The van der Waals surface area contributed by atoms with E-state index in [0.717, 1.165) is 11.1 Å². The quantitative estimate of drug-likeness (QED) is 0.393. The molecule has 7 heteroatoms. The number of phenolic OH excluding ortho intramolecular Hbond substituents is 2. The van der Waals surface area contributed by atoms with E-state index in [1.807, 2.05) is 0 Å². The van der Waals surface area contributed by atoms with Crippen LogP contribution in [0.25, 0.3) is 0 Å². The summed E-state index contributed by atoms with van der Waals surface area (Å²) in [6.07, 6.45) is 3.04. The van der Waals surface area contributed by atoms with Gasteiger partial charge in [0.05, 0.1) is 12.4 Å². The van der Waals surface area contributed by atoms with Gasteiger partial charge in [0, 0.05) is 0 Å². The number of phenols is 2. The molecular weight excluding hydrogens is 300 g/mol. The minimum Gasteiger partial charge on any atom is -0.508 e. The minimum absolute atomic E-state index is 0.167. The molecule has 0 unspecified atom stereocenters. The third-order valence-electron chi connectivity index (χ3n) is 2.50. The topological polar surface area (TPSA) is 89.2 Å². The number of aromatic hydroxyl groups is 2. The van der Waals surface area contributed by atoms with Crippen LogP contribution >= 0.6 is 12.2 Å². The SMILES string of the molecule is Oc1cccc(C=NNC(=S)N/N=C/c2cccc(O)c2)c1. The van der Waals surface area contributed by atoms with Crippen molar-refractivity contribution in [3.8, 4) is 11.5 Å². The van der Waals surface area contributed by atoms with Gasteiger partial charge in [-0.3, -0.25) is 10.9 Å². The zero-order valence-electron chi connectivity index (χ0n) is 11.5. The molecule has 0 saturated carbocycles. The van der Waals surface area contributed by atoms with Crippen molar-refractivity contribution in [2.75, 3.05) is 0 Å². The number of hydrogen-bond acceptors (Lipinski definition) is 5. The molecule has 0 fully saturated rings. The fraction of sp³-hybridized carbons (Fsp3) is 0. The maximum atomic E-state index is 9.31. The van der Waals surface area contributed by atoms with Gasteiger partial charge in [0.15, 0.2) is 0 Å². The Bertz CT molecular complexity index is 657. The van der Waals surface area contributed by atoms with Crippen LogP contribution in [0.3, 0.4) is 0 Å². The van der Waals surface area contributed by atoms with E-state index < -0.39 is 0 Å². The van der Waals surface area contributed by atoms with Gasteiger partial charge in [-0.15, -0.1) is 0 Å². The van der Waals surface area contributed by atoms with Gasteiger partial charge in [-0.05, 0) is 47.6 Å². The summed E-state index contributed by atoms with van der Waals surface area (Å²) in [4.78, 5) is 0. The van der Waals surface area contributed by atoms with Gasteiger partial charge in [-0.1, -0.05) is 24.3 Å². The van der Waals surface area contributed by atoms with Crippen molar-refractivity contribution < 1.29 is 10.2 Å². The van der Waals surface area contributed by atoms with E-state index in [4.69, 9.17) is 12.2 Å². The highest BCUT2D eigenvalue weighted by atomic mass is 32.1. The van der Waals surface area contributed by atoms with Gasteiger partial charge >= 0.3 is 0 Å². The molecule has 2 aromatic carbocycles. The number of hydrogen-bond donors (Lipinski definition) is 4. The Balaban J connectivity index is 1.81. The van der Waals surface area contributed by atoms with Crippen molar-refractivity contribution in [3.05, 3.63) is 59.7 Å². The van der Waals surface area contributed by atoms with E-state index in [2.05, 4.69) is 21.1 Å². The number of benzene rings is 2. The van der Waals surface area contributed by atoms with E-state index in [0.29, 0.717) is 0 Å². The lowest BCUT2D eigenvalue weighted by Gasteiger charge is -2.01. The summed E-state index contributed by atoms with van der Waals surface area (Å²) in [6, 6.07) is 13.3. The Morgan fingerprint density at radius 1 is 0.864 bits per heavy atom. The summed E-state index contributed by atoms with van der Waals surface area (Å²) in [7, 11) is 0. The zero-order chi connectivity index (χ0) is 15.8. The first kappa shape index (κ1) is 15.5. The molecule has 0 radical (unpaired) electrons. The average molecular weight is 314 g/mol. The predicted octanol–water partition coefficient (Wildman–Crippen LogP) is 1.93. The smallest absolute Gasteiger partial charge is 0.207 e. The Hall–Kier alpha value is -2.93. The summed E-state index contributed by atoms with van der Waals surface area (Å²) in [5.41, 5.74) is 6.66. The summed E-state index contributed by atoms with van der Waals surface area (Å²) >= 11 is 4.99. The van der Waals surface area contributed by atoms with Gasteiger partial charge in [0.25, 0.3) is 0 Å². The van der Waals surface area contributed by atoms with Crippen LogP contribution in [-0.2, 0) is 0 Å². The highest BCUT2D eigenvalue weighted by Gasteiger charge is 1.93. The number of thiocarbonyl (C=S) groups is 1. The first-order valence-corrected chi connectivity index (χ1v) is 6.74. The van der Waals surface area contributed by atoms with Gasteiger partial charge in [0.1, 0.15) is 11.5 Å². The van der Waals surface area contributed by atoms with Crippen molar-refractivity contribution >= 4 is 29.8 Å². The number of nitrogens with zero attached hydrogens (tertiary/aromatic N) is 2. The molecule has 0 amide bonds. The summed E-state index contributed by atoms with van der Waals surface area (Å²) < 4.78 is 0. The second kappa shape index (κ2) is 7.75. The molecule has 0 spiro atoms. The lowest BCUT2D eigenvalue weighted by molar-refractivity contribution is 0.474. The molecule has 2 aromatic rings. The Labute approximate surface area is 132 Å². The molecule has 22 heavy (non-hydrogen) atoms. The molecule has 0 atom stereocenters. The Kier molecular flexibility index (Phi) is 5.44. The zero-order valence-corrected chi connectivity index (χ0v) is 12.3. The van der Waals surface area contributed by atoms with Crippen LogP contribution in [0.1, 0.15) is 11.1 Å². The van der Waals surface area contributed by atoms with Crippen LogP contribution in [-0.4, -0.2) is 27.8 Å². The van der Waals surface area contributed by atoms with Crippen molar-refractivity contribution in [1.82, 2.24) is 10.9 Å². The summed E-state index contributed by atoms with van der Waals surface area (Å²) in [5.74, 6) is 0.334. The maximum Gasteiger partial charge on any atom is 0.207 e. The Morgan fingerprint density at radius 3 is 1.73 bits per heavy atom. The standard InChI is InChI=1S/C15H14N4O2S/c20-13-5-1-3-11(7-13)9-16-18-15(22)19-17-10-12-4-2-6-14(21)8-12/h1-10,20-21H,(H2,18,19,22)/b16-9+,17-10?. The van der Waals surface area contributed by atoms with Crippen molar-refractivity contribution in [2.45, 2.75) is 0 Å². The molecule has 0 aliphatic carbocycles. The van der Waals surface area contributed by atoms with Gasteiger partial charge in [0.2, 0.25) is 5.11 Å². The average Bonchev–Trinajstić information content (AvgIpc) is 2.47. The summed E-state index contributed by atoms with van der Waals surface area (Å²) in [6.45, 7) is 0. The molecule has 0 aromatic heterocycles. The van der Waals surface area contributed by atoms with Crippen molar-refractivity contribution in [2.24, 2.45) is 10.2 Å². The lowest BCUT2D eigenvalue weighted by Crippen LogP contribution is -2.28. The van der Waals surface area contributed by atoms with Crippen LogP contribution in [0.2, 0.25) is 0 Å². The number of nitrogens with one attached hydrogen (secondary N) is 2. The monoisotopic (exact) mass is 314 g/mol. The molecule has 0 heterocycles. The van der Waals surface area contributed by atoms with Crippen molar-refractivity contribution in [1.29, 1.82) is 0 Å². The fourth-order valence-electron chi connectivity index (χ4n) is 1.57. The van der Waals surface area contributed by atoms with E-state index in [1.165, 1.54) is 12.4 Å². The Morgan fingerprint density at radius 2 is 1.32 bits per heavy atom. The summed E-state index contributed by atoms with van der Waals surface area (Å²) in [5, 5.41) is 26.7. The highest BCUT2D eigenvalue weighted by molar-refractivity contribution is 7.80. The molecule has 0 bridgehead atoms. The van der Waals surface area contributed by atoms with E-state index >= 15 is 0 Å². The second-order valence-corrected chi connectivity index (χ2v) is 4.67. The van der Waals surface area contributed by atoms with E-state index in [1.54, 1.807) is 48.5 Å². The fourth-order valence-corrected chi connectivity index (χ4v) is 1.67. The molecule has 0 saturated heterocycles. The lowest BCUT2D eigenvalue weighted by atomic mass is 10.2. The molecule has 0 aliphatic heterocycles. The second-order valence-electron chi connectivity index (χ2n) is 4.26. The molecule has 112 valence electrons.